The Morgan fingerprint density at radius 1 is 0.935 bits per heavy atom. The number of rotatable bonds is 7. The monoisotopic (exact) mass is 498 g/mol. The predicted octanol–water partition coefficient (Wildman–Crippen LogP) is 4.41. The van der Waals surface area contributed by atoms with Gasteiger partial charge >= 0.3 is 0 Å². The molecule has 1 unspecified atom stereocenters. The molecule has 0 aliphatic rings. The minimum atomic E-state index is -4.24. The second kappa shape index (κ2) is 9.46. The highest BCUT2D eigenvalue weighted by Crippen LogP contribution is 2.37. The van der Waals surface area contributed by atoms with Gasteiger partial charge in [0.2, 0.25) is 5.91 Å². The summed E-state index contributed by atoms with van der Waals surface area (Å²) in [5.74, 6) is -0.884. The third-order valence-corrected chi connectivity index (χ3v) is 7.06. The molecule has 0 aliphatic carbocycles. The number of amides is 1. The van der Waals surface area contributed by atoms with Gasteiger partial charge in [-0.05, 0) is 48.5 Å². The maximum atomic E-state index is 13.4. The molecule has 0 saturated carbocycles. The van der Waals surface area contributed by atoms with Crippen LogP contribution in [-0.2, 0) is 14.8 Å². The van der Waals surface area contributed by atoms with Crippen LogP contribution in [0.25, 0.3) is 0 Å². The van der Waals surface area contributed by atoms with Gasteiger partial charge in [0, 0.05) is 26.2 Å². The van der Waals surface area contributed by atoms with Gasteiger partial charge in [0.15, 0.2) is 0 Å². The minimum Gasteiger partial charge on any atom is -0.384 e. The van der Waals surface area contributed by atoms with E-state index >= 15 is 0 Å². The molecule has 6 nitrogen and oxygen atoms in total. The van der Waals surface area contributed by atoms with E-state index < -0.39 is 28.6 Å². The van der Waals surface area contributed by atoms with E-state index in [4.69, 9.17) is 40.5 Å². The first-order valence-electron chi connectivity index (χ1n) is 8.90. The number of benzene rings is 3. The van der Waals surface area contributed by atoms with E-state index in [1.165, 1.54) is 42.5 Å². The molecule has 31 heavy (non-hydrogen) atoms. The number of primary amides is 1. The Morgan fingerprint density at radius 3 is 2.16 bits per heavy atom. The molecule has 0 fully saturated rings. The SMILES string of the molecule is NC(=O)CN(c1ccc(Cl)cc1C(O)c1ccccc1Cl)S(=O)(=O)c1ccc(Cl)cc1. The van der Waals surface area contributed by atoms with Gasteiger partial charge in [-0.3, -0.25) is 9.10 Å². The third kappa shape index (κ3) is 5.14. The highest BCUT2D eigenvalue weighted by molar-refractivity contribution is 7.92. The number of hydrogen-bond acceptors (Lipinski definition) is 4. The molecule has 0 aromatic heterocycles. The Morgan fingerprint density at radius 2 is 1.55 bits per heavy atom. The summed E-state index contributed by atoms with van der Waals surface area (Å²) in [6.07, 6.45) is -1.32. The van der Waals surface area contributed by atoms with Gasteiger partial charge in [-0.15, -0.1) is 0 Å². The van der Waals surface area contributed by atoms with Crippen LogP contribution in [-0.4, -0.2) is 26.0 Å². The van der Waals surface area contributed by atoms with Crippen molar-refractivity contribution in [1.82, 2.24) is 0 Å². The van der Waals surface area contributed by atoms with E-state index in [-0.39, 0.29) is 26.2 Å². The molecule has 10 heteroatoms. The molecule has 1 atom stereocenters. The lowest BCUT2D eigenvalue weighted by molar-refractivity contribution is -0.116. The Labute approximate surface area is 194 Å². The molecular formula is C21H17Cl3N2O4S. The standard InChI is InChI=1S/C21H17Cl3N2O4S/c22-13-5-8-15(9-6-13)31(29,30)26(12-20(25)27)19-10-7-14(23)11-17(19)21(28)16-3-1-2-4-18(16)24/h1-11,21,28H,12H2,(H2,25,27). The lowest BCUT2D eigenvalue weighted by Crippen LogP contribution is -2.39. The van der Waals surface area contributed by atoms with Crippen molar-refractivity contribution < 1.29 is 18.3 Å². The van der Waals surface area contributed by atoms with Crippen molar-refractivity contribution in [1.29, 1.82) is 0 Å². The zero-order valence-corrected chi connectivity index (χ0v) is 19.0. The highest BCUT2D eigenvalue weighted by Gasteiger charge is 2.30. The Kier molecular flexibility index (Phi) is 7.13. The number of halogens is 3. The number of nitrogens with two attached hydrogens (primary N) is 1. The van der Waals surface area contributed by atoms with E-state index in [0.29, 0.717) is 10.6 Å². The van der Waals surface area contributed by atoms with Gasteiger partial charge < -0.3 is 10.8 Å². The summed E-state index contributed by atoms with van der Waals surface area (Å²) < 4.78 is 27.6. The first-order chi connectivity index (χ1) is 14.6. The third-order valence-electron chi connectivity index (χ3n) is 4.45. The Bertz CT molecular complexity index is 1220. The zero-order valence-electron chi connectivity index (χ0n) is 15.9. The van der Waals surface area contributed by atoms with E-state index in [0.717, 1.165) is 4.31 Å². The second-order valence-electron chi connectivity index (χ2n) is 6.56. The average molecular weight is 500 g/mol. The van der Waals surface area contributed by atoms with Gasteiger partial charge in [-0.2, -0.15) is 0 Å². The van der Waals surface area contributed by atoms with Gasteiger partial charge in [0.25, 0.3) is 10.0 Å². The van der Waals surface area contributed by atoms with Crippen LogP contribution in [0.2, 0.25) is 15.1 Å². The van der Waals surface area contributed by atoms with Crippen LogP contribution < -0.4 is 10.0 Å². The molecule has 0 spiro atoms. The number of carbonyl (C=O) groups excluding carboxylic acids is 1. The summed E-state index contributed by atoms with van der Waals surface area (Å²) in [6, 6.07) is 16.3. The van der Waals surface area contributed by atoms with Gasteiger partial charge in [-0.25, -0.2) is 8.42 Å². The van der Waals surface area contributed by atoms with Crippen LogP contribution in [0.15, 0.2) is 71.6 Å². The van der Waals surface area contributed by atoms with E-state index in [9.17, 15) is 18.3 Å². The van der Waals surface area contributed by atoms with Crippen molar-refractivity contribution in [3.63, 3.8) is 0 Å². The van der Waals surface area contributed by atoms with Gasteiger partial charge in [0.05, 0.1) is 10.6 Å². The number of aliphatic hydroxyl groups is 1. The smallest absolute Gasteiger partial charge is 0.264 e. The van der Waals surface area contributed by atoms with Crippen molar-refractivity contribution in [3.05, 3.63) is 92.9 Å². The van der Waals surface area contributed by atoms with Crippen molar-refractivity contribution >= 4 is 56.4 Å². The fourth-order valence-electron chi connectivity index (χ4n) is 3.01. The largest absolute Gasteiger partial charge is 0.384 e. The maximum absolute atomic E-state index is 13.4. The molecule has 3 rings (SSSR count). The molecule has 1 amide bonds. The summed E-state index contributed by atoms with van der Waals surface area (Å²) in [5.41, 5.74) is 5.86. The number of anilines is 1. The summed E-state index contributed by atoms with van der Waals surface area (Å²) in [6.45, 7) is -0.658. The van der Waals surface area contributed by atoms with Crippen molar-refractivity contribution in [2.45, 2.75) is 11.0 Å². The number of nitrogens with zero attached hydrogens (tertiary/aromatic N) is 1. The summed E-state index contributed by atoms with van der Waals surface area (Å²) in [7, 11) is -4.24. The van der Waals surface area contributed by atoms with Crippen LogP contribution in [0, 0.1) is 0 Å². The second-order valence-corrected chi connectivity index (χ2v) is 9.70. The summed E-state index contributed by atoms with van der Waals surface area (Å²) in [5, 5.41) is 11.9. The van der Waals surface area contributed by atoms with E-state index in [1.54, 1.807) is 24.3 Å². The average Bonchev–Trinajstić information content (AvgIpc) is 2.72. The Hall–Kier alpha value is -2.29. The lowest BCUT2D eigenvalue weighted by Gasteiger charge is -2.27. The molecule has 0 aliphatic heterocycles. The first kappa shape index (κ1) is 23.4. The molecule has 3 aromatic rings. The topological polar surface area (TPSA) is 101 Å². The highest BCUT2D eigenvalue weighted by atomic mass is 35.5. The quantitative estimate of drug-likeness (QED) is 0.503. The van der Waals surface area contributed by atoms with E-state index in [1.807, 2.05) is 0 Å². The van der Waals surface area contributed by atoms with Crippen molar-refractivity contribution in [2.75, 3.05) is 10.8 Å². The lowest BCUT2D eigenvalue weighted by atomic mass is 9.99. The van der Waals surface area contributed by atoms with Crippen LogP contribution in [0.4, 0.5) is 5.69 Å². The predicted molar refractivity (Wildman–Crippen MR) is 122 cm³/mol. The summed E-state index contributed by atoms with van der Waals surface area (Å²) in [4.78, 5) is 11.7. The number of aliphatic hydroxyl groups excluding tert-OH is 1. The first-order valence-corrected chi connectivity index (χ1v) is 11.5. The molecule has 0 radical (unpaired) electrons. The van der Waals surface area contributed by atoms with Crippen LogP contribution >= 0.6 is 34.8 Å². The number of carbonyl (C=O) groups is 1. The van der Waals surface area contributed by atoms with Gasteiger partial charge in [-0.1, -0.05) is 53.0 Å². The van der Waals surface area contributed by atoms with E-state index in [2.05, 4.69) is 0 Å². The molecule has 0 bridgehead atoms. The number of hydrogen-bond donors (Lipinski definition) is 2. The molecule has 0 heterocycles. The van der Waals surface area contributed by atoms with Crippen molar-refractivity contribution in [2.24, 2.45) is 5.73 Å². The summed E-state index contributed by atoms with van der Waals surface area (Å²) >= 11 is 18.2. The molecule has 162 valence electrons. The van der Waals surface area contributed by atoms with Crippen LogP contribution in [0.5, 0.6) is 0 Å². The Balaban J connectivity index is 2.20. The molecular weight excluding hydrogens is 483 g/mol. The van der Waals surface area contributed by atoms with Gasteiger partial charge in [0.1, 0.15) is 12.6 Å². The maximum Gasteiger partial charge on any atom is 0.264 e. The molecule has 3 aromatic carbocycles. The zero-order chi connectivity index (χ0) is 22.8. The normalized spacial score (nSPS) is 12.4. The molecule has 0 saturated heterocycles. The minimum absolute atomic E-state index is 0.0329. The van der Waals surface area contributed by atoms with Crippen molar-refractivity contribution in [3.8, 4) is 0 Å². The molecule has 3 N–H and O–H groups in total. The van der Waals surface area contributed by atoms with Crippen LogP contribution in [0.1, 0.15) is 17.2 Å². The fraction of sp³-hybridized carbons (Fsp3) is 0.0952. The number of sulfonamides is 1. The van der Waals surface area contributed by atoms with Crippen LogP contribution in [0.3, 0.4) is 0 Å². The fourth-order valence-corrected chi connectivity index (χ4v) is 5.01.